The van der Waals surface area contributed by atoms with Crippen molar-refractivity contribution in [2.45, 2.75) is 32.4 Å². The van der Waals surface area contributed by atoms with Crippen molar-refractivity contribution in [2.24, 2.45) is 0 Å². The first-order chi connectivity index (χ1) is 12.5. The van der Waals surface area contributed by atoms with E-state index in [1.807, 2.05) is 31.2 Å². The van der Waals surface area contributed by atoms with E-state index in [-0.39, 0.29) is 23.4 Å². The molecule has 2 aromatic rings. The summed E-state index contributed by atoms with van der Waals surface area (Å²) in [5, 5.41) is 2.87. The lowest BCUT2D eigenvalue weighted by Gasteiger charge is -2.36. The van der Waals surface area contributed by atoms with Crippen LogP contribution in [0.1, 0.15) is 36.1 Å². The van der Waals surface area contributed by atoms with Gasteiger partial charge in [0.2, 0.25) is 11.8 Å². The number of nitrogens with one attached hydrogen (secondary N) is 1. The van der Waals surface area contributed by atoms with Crippen molar-refractivity contribution < 1.29 is 14.0 Å². The summed E-state index contributed by atoms with van der Waals surface area (Å²) in [6.45, 7) is 2.71. The maximum absolute atomic E-state index is 13.3. The second kappa shape index (κ2) is 7.87. The number of fused-ring (bicyclic) bond motifs is 1. The van der Waals surface area contributed by atoms with Crippen LogP contribution < -0.4 is 5.32 Å². The van der Waals surface area contributed by atoms with E-state index >= 15 is 0 Å². The van der Waals surface area contributed by atoms with Gasteiger partial charge in [-0.2, -0.15) is 0 Å². The maximum atomic E-state index is 13.3. The number of nitrogens with zero attached hydrogens (tertiary/aromatic N) is 1. The molecule has 1 aliphatic rings. The van der Waals surface area contributed by atoms with Crippen LogP contribution in [0.5, 0.6) is 0 Å². The Morgan fingerprint density at radius 3 is 2.81 bits per heavy atom. The molecule has 4 nitrogen and oxygen atoms in total. The van der Waals surface area contributed by atoms with Crippen molar-refractivity contribution in [3.63, 3.8) is 0 Å². The third-order valence-corrected chi connectivity index (χ3v) is 4.78. The van der Waals surface area contributed by atoms with Crippen molar-refractivity contribution in [1.29, 1.82) is 0 Å². The topological polar surface area (TPSA) is 49.4 Å². The Hall–Kier alpha value is -2.40. The predicted molar refractivity (Wildman–Crippen MR) is 98.1 cm³/mol. The monoisotopic (exact) mass is 374 g/mol. The molecular weight excluding hydrogens is 355 g/mol. The van der Waals surface area contributed by atoms with Gasteiger partial charge < -0.3 is 10.2 Å². The highest BCUT2D eigenvalue weighted by Gasteiger charge is 2.36. The third kappa shape index (κ3) is 3.73. The molecule has 0 bridgehead atoms. The molecule has 136 valence electrons. The smallest absolute Gasteiger partial charge is 0.247 e. The van der Waals surface area contributed by atoms with Crippen LogP contribution >= 0.6 is 11.6 Å². The molecule has 2 aromatic carbocycles. The van der Waals surface area contributed by atoms with Gasteiger partial charge in [0.05, 0.1) is 11.4 Å². The van der Waals surface area contributed by atoms with E-state index in [9.17, 15) is 14.0 Å². The molecule has 3 rings (SSSR count). The van der Waals surface area contributed by atoms with Gasteiger partial charge in [-0.1, -0.05) is 48.9 Å². The molecule has 6 heteroatoms. The summed E-state index contributed by atoms with van der Waals surface area (Å²) in [6, 6.07) is 11.2. The Kier molecular flexibility index (Phi) is 5.57. The van der Waals surface area contributed by atoms with Crippen LogP contribution in [0.25, 0.3) is 0 Å². The largest absolute Gasteiger partial charge is 0.350 e. The Morgan fingerprint density at radius 2 is 2.08 bits per heavy atom. The van der Waals surface area contributed by atoms with E-state index in [2.05, 4.69) is 5.32 Å². The molecule has 0 fully saturated rings. The normalized spacial score (nSPS) is 16.3. The van der Waals surface area contributed by atoms with E-state index in [0.29, 0.717) is 18.5 Å². The first-order valence-electron chi connectivity index (χ1n) is 8.60. The lowest BCUT2D eigenvalue weighted by atomic mass is 9.91. The Labute approximate surface area is 157 Å². The summed E-state index contributed by atoms with van der Waals surface area (Å²) in [5.74, 6) is -0.794. The highest BCUT2D eigenvalue weighted by atomic mass is 35.5. The molecule has 26 heavy (non-hydrogen) atoms. The molecule has 0 radical (unpaired) electrons. The standard InChI is InChI=1S/C20H20ClFN2O2/c1-2-9-24-18(25)11-14-5-3-4-6-15(14)19(24)20(26)23-12-13-7-8-17(22)16(21)10-13/h3-8,10,19H,2,9,11-12H2,1H3,(H,23,26)/t19-/m1/s1. The summed E-state index contributed by atoms with van der Waals surface area (Å²) in [5.41, 5.74) is 2.44. The molecule has 1 atom stereocenters. The van der Waals surface area contributed by atoms with Crippen molar-refractivity contribution >= 4 is 23.4 Å². The first-order valence-corrected chi connectivity index (χ1v) is 8.98. The van der Waals surface area contributed by atoms with E-state index in [0.717, 1.165) is 17.5 Å². The number of hydrogen-bond donors (Lipinski definition) is 1. The van der Waals surface area contributed by atoms with E-state index in [1.54, 1.807) is 11.0 Å². The molecule has 0 spiro atoms. The zero-order valence-electron chi connectivity index (χ0n) is 14.5. The number of carbonyl (C=O) groups is 2. The molecule has 0 saturated carbocycles. The summed E-state index contributed by atoms with van der Waals surface area (Å²) in [6.07, 6.45) is 1.08. The van der Waals surface area contributed by atoms with Gasteiger partial charge in [0.1, 0.15) is 11.9 Å². The van der Waals surface area contributed by atoms with Crippen molar-refractivity contribution in [2.75, 3.05) is 6.54 Å². The van der Waals surface area contributed by atoms with Gasteiger partial charge in [-0.05, 0) is 35.2 Å². The highest BCUT2D eigenvalue weighted by molar-refractivity contribution is 6.30. The molecule has 1 heterocycles. The molecule has 0 saturated heterocycles. The third-order valence-electron chi connectivity index (χ3n) is 4.49. The van der Waals surface area contributed by atoms with Gasteiger partial charge in [-0.25, -0.2) is 4.39 Å². The van der Waals surface area contributed by atoms with Gasteiger partial charge in [-0.15, -0.1) is 0 Å². The van der Waals surface area contributed by atoms with Crippen molar-refractivity contribution in [1.82, 2.24) is 10.2 Å². The number of amides is 2. The van der Waals surface area contributed by atoms with Crippen LogP contribution in [-0.2, 0) is 22.6 Å². The molecule has 0 aromatic heterocycles. The van der Waals surface area contributed by atoms with Gasteiger partial charge in [0, 0.05) is 13.1 Å². The first kappa shape index (κ1) is 18.4. The second-order valence-corrected chi connectivity index (χ2v) is 6.74. The summed E-state index contributed by atoms with van der Waals surface area (Å²) >= 11 is 5.79. The van der Waals surface area contributed by atoms with Crippen LogP contribution in [0.2, 0.25) is 5.02 Å². The fourth-order valence-corrected chi connectivity index (χ4v) is 3.45. The zero-order valence-corrected chi connectivity index (χ0v) is 15.2. The highest BCUT2D eigenvalue weighted by Crippen LogP contribution is 2.31. The van der Waals surface area contributed by atoms with E-state index in [1.165, 1.54) is 12.1 Å². The summed E-state index contributed by atoms with van der Waals surface area (Å²) in [7, 11) is 0. The molecule has 0 aliphatic carbocycles. The maximum Gasteiger partial charge on any atom is 0.247 e. The summed E-state index contributed by atoms with van der Waals surface area (Å²) < 4.78 is 13.3. The quantitative estimate of drug-likeness (QED) is 0.868. The van der Waals surface area contributed by atoms with Crippen molar-refractivity contribution in [3.8, 4) is 0 Å². The van der Waals surface area contributed by atoms with Gasteiger partial charge in [-0.3, -0.25) is 9.59 Å². The fraction of sp³-hybridized carbons (Fsp3) is 0.300. The van der Waals surface area contributed by atoms with Crippen molar-refractivity contribution in [3.05, 3.63) is 70.0 Å². The zero-order chi connectivity index (χ0) is 18.7. The number of halogens is 2. The Morgan fingerprint density at radius 1 is 1.31 bits per heavy atom. The van der Waals surface area contributed by atoms with Crippen LogP contribution in [0.15, 0.2) is 42.5 Å². The minimum atomic E-state index is -0.650. The van der Waals surface area contributed by atoms with Gasteiger partial charge in [0.25, 0.3) is 0 Å². The number of hydrogen-bond acceptors (Lipinski definition) is 2. The molecule has 1 N–H and O–H groups in total. The van der Waals surface area contributed by atoms with Crippen LogP contribution in [0, 0.1) is 5.82 Å². The number of rotatable bonds is 5. The average Bonchev–Trinajstić information content (AvgIpc) is 2.63. The number of benzene rings is 2. The van der Waals surface area contributed by atoms with Crippen LogP contribution in [0.3, 0.4) is 0 Å². The SMILES string of the molecule is CCCN1C(=O)Cc2ccccc2[C@@H]1C(=O)NCc1ccc(F)c(Cl)c1. The minimum absolute atomic E-state index is 0.0162. The predicted octanol–water partition coefficient (Wildman–Crippen LogP) is 3.63. The Balaban J connectivity index is 1.82. The fourth-order valence-electron chi connectivity index (χ4n) is 3.25. The van der Waals surface area contributed by atoms with Gasteiger partial charge in [0.15, 0.2) is 0 Å². The van der Waals surface area contributed by atoms with Crippen LogP contribution in [0.4, 0.5) is 4.39 Å². The molecule has 0 unspecified atom stereocenters. The Bertz CT molecular complexity index is 840. The second-order valence-electron chi connectivity index (χ2n) is 6.33. The lowest BCUT2D eigenvalue weighted by Crippen LogP contribution is -2.47. The average molecular weight is 375 g/mol. The van der Waals surface area contributed by atoms with Gasteiger partial charge >= 0.3 is 0 Å². The van der Waals surface area contributed by atoms with Crippen LogP contribution in [-0.4, -0.2) is 23.3 Å². The van der Waals surface area contributed by atoms with E-state index < -0.39 is 11.9 Å². The number of carbonyl (C=O) groups excluding carboxylic acids is 2. The molecular formula is C20H20ClFN2O2. The minimum Gasteiger partial charge on any atom is -0.350 e. The van der Waals surface area contributed by atoms with E-state index in [4.69, 9.17) is 11.6 Å². The summed E-state index contributed by atoms with van der Waals surface area (Å²) in [4.78, 5) is 27.0. The molecule has 2 amide bonds. The molecule has 1 aliphatic heterocycles. The lowest BCUT2D eigenvalue weighted by molar-refractivity contribution is -0.141.